The zero-order chi connectivity index (χ0) is 58.8. The molecule has 0 aliphatic carbocycles. The van der Waals surface area contributed by atoms with E-state index in [1.165, 1.54) is 41.3 Å². The lowest BCUT2D eigenvalue weighted by Gasteiger charge is -2.31. The number of aryl methyl sites for hydroxylation is 3. The first-order valence-electron chi connectivity index (χ1n) is 27.7. The first kappa shape index (κ1) is 65.1. The zero-order valence-electron chi connectivity index (χ0n) is 47.1. The Bertz CT molecular complexity index is 3930. The SMILES string of the molecule is BrCCCBr.Cl.Cn1ccc2ccc(O)cc2c1=O.Cn1ccc2ccc(OCCCBr)cc2c1=O.Cn1ccc2ccc(OCCCN3CCC(c4noc5cc(F)ccc45)CC3)cc2c1=O.Fc1ccc2c(C3CCNCC3)noc2c1. The number of phenolic OH excluding ortho intramolecular Hbond substituents is 1. The molecule has 2 aliphatic rings. The first-order valence-corrected chi connectivity index (χ1v) is 31.0. The van der Waals surface area contributed by atoms with Gasteiger partial charge in [0, 0.05) is 97.0 Å². The highest BCUT2D eigenvalue weighted by Gasteiger charge is 2.25. The van der Waals surface area contributed by atoms with Crippen LogP contribution in [0.3, 0.4) is 0 Å². The smallest absolute Gasteiger partial charge is 0.258 e. The summed E-state index contributed by atoms with van der Waals surface area (Å²) in [7, 11) is 5.19. The number of nitrogens with zero attached hydrogens (tertiary/aromatic N) is 6. The van der Waals surface area contributed by atoms with E-state index in [-0.39, 0.29) is 46.5 Å². The van der Waals surface area contributed by atoms with Gasteiger partial charge in [0.1, 0.15) is 28.9 Å². The molecule has 84 heavy (non-hydrogen) atoms. The number of alkyl halides is 3. The van der Waals surface area contributed by atoms with Gasteiger partial charge in [0.05, 0.1) is 40.8 Å². The van der Waals surface area contributed by atoms with Crippen LogP contribution in [-0.2, 0) is 21.1 Å². The highest BCUT2D eigenvalue weighted by molar-refractivity contribution is 9.09. The topological polar surface area (TPSA) is 172 Å². The van der Waals surface area contributed by atoms with E-state index in [9.17, 15) is 28.3 Å². The second-order valence-electron chi connectivity index (χ2n) is 20.3. The van der Waals surface area contributed by atoms with Gasteiger partial charge in [-0.15, -0.1) is 12.4 Å². The Morgan fingerprint density at radius 2 is 0.976 bits per heavy atom. The van der Waals surface area contributed by atoms with Crippen LogP contribution in [0.25, 0.3) is 54.3 Å². The number of hydrogen-bond acceptors (Lipinski definition) is 12. The average Bonchev–Trinajstić information content (AvgIpc) is 4.15. The van der Waals surface area contributed by atoms with Crippen molar-refractivity contribution in [2.75, 3.05) is 61.9 Å². The summed E-state index contributed by atoms with van der Waals surface area (Å²) in [6.07, 6.45) is 12.5. The molecule has 0 saturated carbocycles. The number of rotatable bonds is 13. The molecule has 15 nitrogen and oxygen atoms in total. The van der Waals surface area contributed by atoms with Gasteiger partial charge in [0.15, 0.2) is 11.2 Å². The van der Waals surface area contributed by atoms with Gasteiger partial charge >= 0.3 is 0 Å². The number of halogens is 6. The molecule has 2 N–H and O–H groups in total. The van der Waals surface area contributed by atoms with Gasteiger partial charge in [-0.05, 0) is 166 Å². The van der Waals surface area contributed by atoms with E-state index in [1.54, 1.807) is 73.1 Å². The van der Waals surface area contributed by atoms with Crippen molar-refractivity contribution in [1.29, 1.82) is 0 Å². The van der Waals surface area contributed by atoms with Crippen LogP contribution in [0.15, 0.2) is 151 Å². The molecule has 0 spiro atoms. The third-order valence-electron chi connectivity index (χ3n) is 14.5. The Balaban J connectivity index is 0.000000166. The largest absolute Gasteiger partial charge is 0.508 e. The van der Waals surface area contributed by atoms with E-state index in [0.29, 0.717) is 52.4 Å². The number of phenols is 1. The number of aromatic hydroxyl groups is 1. The minimum absolute atomic E-state index is 0. The summed E-state index contributed by atoms with van der Waals surface area (Å²) in [5, 5.41) is 30.5. The molecule has 7 heterocycles. The predicted molar refractivity (Wildman–Crippen MR) is 344 cm³/mol. The van der Waals surface area contributed by atoms with Gasteiger partial charge in [-0.2, -0.15) is 0 Å². The van der Waals surface area contributed by atoms with Crippen molar-refractivity contribution in [3.05, 3.63) is 182 Å². The van der Waals surface area contributed by atoms with Crippen molar-refractivity contribution in [1.82, 2.24) is 34.2 Å². The normalized spacial score (nSPS) is 13.7. The van der Waals surface area contributed by atoms with Gasteiger partial charge in [-0.3, -0.25) is 14.4 Å². The summed E-state index contributed by atoms with van der Waals surface area (Å²) in [6, 6.07) is 31.0. The van der Waals surface area contributed by atoms with E-state index >= 15 is 0 Å². The molecule has 10 aromatic rings. The molecule has 0 bridgehead atoms. The maximum Gasteiger partial charge on any atom is 0.258 e. The fraction of sp³-hybridized carbons (Fsp3) is 0.349. The zero-order valence-corrected chi connectivity index (χ0v) is 52.7. The van der Waals surface area contributed by atoms with Crippen LogP contribution in [0, 0.1) is 11.6 Å². The lowest BCUT2D eigenvalue weighted by atomic mass is 9.91. The number of likely N-dealkylation sites (tertiary alicyclic amines) is 1. The monoisotopic (exact) mass is 1360 g/mol. The first-order chi connectivity index (χ1) is 40.2. The minimum Gasteiger partial charge on any atom is -0.508 e. The molecule has 2 aliphatic heterocycles. The standard InChI is InChI=1S/C25H26FN3O3.C13H14BrNO2.C12H13FN2O.C10H9NO2.C3H6Br2.ClH/c1-28-11-7-17-3-5-20(16-22(17)25(28)30)31-14-2-10-29-12-8-18(9-13-29)24-21-6-4-19(26)15-23(21)32-27-24;1-15-7-5-10-3-4-11(17-8-2-6-14)9-12(10)13(15)16;13-9-1-2-10-11(7-9)16-15-12(10)8-3-5-14-6-4-8;1-11-5-4-7-2-3-8(12)6-9(7)10(11)13;4-2-1-3-5;/h3-7,11,15-16,18H,2,8-10,12-14H2,1H3;3-5,7,9H,2,6,8H2,1H3;1-2,7-8,14H,3-6H2;2-6,12H,1H3;1-3H2;1H. The van der Waals surface area contributed by atoms with Crippen LogP contribution in [0.2, 0.25) is 0 Å². The van der Waals surface area contributed by atoms with Crippen LogP contribution in [-0.4, -0.2) is 95.9 Å². The molecule has 2 fully saturated rings. The van der Waals surface area contributed by atoms with Crippen LogP contribution < -0.4 is 31.5 Å². The highest BCUT2D eigenvalue weighted by Crippen LogP contribution is 2.34. The quantitative estimate of drug-likeness (QED) is 0.0828. The van der Waals surface area contributed by atoms with Crippen LogP contribution in [0.4, 0.5) is 8.78 Å². The van der Waals surface area contributed by atoms with E-state index < -0.39 is 0 Å². The number of ether oxygens (including phenoxy) is 2. The summed E-state index contributed by atoms with van der Waals surface area (Å²) in [6.45, 7) is 6.24. The number of hydrogen-bond donors (Lipinski definition) is 2. The van der Waals surface area contributed by atoms with Gasteiger partial charge in [-0.1, -0.05) is 76.3 Å². The molecular formula is C63H69Br3ClF2N7O8. The molecule has 12 rings (SSSR count). The Hall–Kier alpha value is -6.42. The molecule has 0 atom stereocenters. The molecule has 5 aromatic carbocycles. The van der Waals surface area contributed by atoms with Crippen LogP contribution >= 0.6 is 60.2 Å². The number of piperidine rings is 2. The maximum absolute atomic E-state index is 13.4. The van der Waals surface area contributed by atoms with Crippen molar-refractivity contribution < 1.29 is 32.4 Å². The summed E-state index contributed by atoms with van der Waals surface area (Å²) in [4.78, 5) is 38.2. The summed E-state index contributed by atoms with van der Waals surface area (Å²) >= 11 is 9.91. The van der Waals surface area contributed by atoms with Crippen molar-refractivity contribution in [3.8, 4) is 17.2 Å². The van der Waals surface area contributed by atoms with Crippen molar-refractivity contribution in [2.45, 2.75) is 56.8 Å². The Morgan fingerprint density at radius 3 is 1.43 bits per heavy atom. The molecule has 0 amide bonds. The third kappa shape index (κ3) is 17.4. The van der Waals surface area contributed by atoms with Gasteiger partial charge in [-0.25, -0.2) is 8.78 Å². The van der Waals surface area contributed by atoms with E-state index in [1.807, 2.05) is 54.6 Å². The van der Waals surface area contributed by atoms with Crippen molar-refractivity contribution in [3.63, 3.8) is 0 Å². The molecule has 2 saturated heterocycles. The lowest BCUT2D eigenvalue weighted by molar-refractivity contribution is 0.191. The minimum atomic E-state index is -0.302. The van der Waals surface area contributed by atoms with E-state index in [4.69, 9.17) is 18.5 Å². The fourth-order valence-electron chi connectivity index (χ4n) is 9.88. The van der Waals surface area contributed by atoms with Crippen LogP contribution in [0.5, 0.6) is 17.2 Å². The fourth-order valence-corrected chi connectivity index (χ4v) is 11.4. The molecule has 0 radical (unpaired) electrons. The lowest BCUT2D eigenvalue weighted by Crippen LogP contribution is -2.34. The summed E-state index contributed by atoms with van der Waals surface area (Å²) < 4.78 is 53.0. The van der Waals surface area contributed by atoms with Crippen molar-refractivity contribution >= 4 is 114 Å². The Kier molecular flexibility index (Phi) is 25.0. The van der Waals surface area contributed by atoms with E-state index in [0.717, 1.165) is 137 Å². The molecule has 0 unspecified atom stereocenters. The molecule has 446 valence electrons. The van der Waals surface area contributed by atoms with Gasteiger partial charge < -0.3 is 47.5 Å². The summed E-state index contributed by atoms with van der Waals surface area (Å²) in [5.41, 5.74) is 2.91. The van der Waals surface area contributed by atoms with Gasteiger partial charge in [0.2, 0.25) is 0 Å². The number of pyridine rings is 3. The highest BCUT2D eigenvalue weighted by atomic mass is 79.9. The molecule has 21 heteroatoms. The summed E-state index contributed by atoms with van der Waals surface area (Å²) in [5.74, 6) is 1.80. The number of benzene rings is 5. The second kappa shape index (κ2) is 32.2. The second-order valence-corrected chi connectivity index (χ2v) is 22.7. The molecular weight excluding hydrogens is 1300 g/mol. The number of fused-ring (bicyclic) bond motifs is 5. The van der Waals surface area contributed by atoms with E-state index in [2.05, 4.69) is 68.3 Å². The average molecular weight is 1370 g/mol. The third-order valence-corrected chi connectivity index (χ3v) is 16.2. The Labute approximate surface area is 516 Å². The van der Waals surface area contributed by atoms with Crippen molar-refractivity contribution in [2.24, 2.45) is 21.1 Å². The molecule has 5 aromatic heterocycles. The predicted octanol–water partition coefficient (Wildman–Crippen LogP) is 13.4. The Morgan fingerprint density at radius 1 is 0.548 bits per heavy atom. The number of aromatic nitrogens is 5. The van der Waals surface area contributed by atoms with Gasteiger partial charge in [0.25, 0.3) is 16.7 Å². The maximum atomic E-state index is 13.4. The number of nitrogens with one attached hydrogen (secondary N) is 1. The van der Waals surface area contributed by atoms with Crippen LogP contribution in [0.1, 0.15) is 68.2 Å².